The van der Waals surface area contributed by atoms with Crippen LogP contribution in [0.2, 0.25) is 5.02 Å². The second-order valence-electron chi connectivity index (χ2n) is 13.2. The molecule has 44 heavy (non-hydrogen) atoms. The van der Waals surface area contributed by atoms with Gasteiger partial charge in [-0.2, -0.15) is 0 Å². The third-order valence-electron chi connectivity index (χ3n) is 10.7. The minimum atomic E-state index is -3.95. The van der Waals surface area contributed by atoms with Crippen molar-refractivity contribution < 1.29 is 22.7 Å². The van der Waals surface area contributed by atoms with E-state index < -0.39 is 26.8 Å². The quantitative estimate of drug-likeness (QED) is 0.310. The van der Waals surface area contributed by atoms with E-state index in [0.29, 0.717) is 31.9 Å². The highest BCUT2D eigenvalue weighted by Gasteiger charge is 2.48. The summed E-state index contributed by atoms with van der Waals surface area (Å²) in [7, 11) is -2.29. The van der Waals surface area contributed by atoms with Crippen molar-refractivity contribution in [2.75, 3.05) is 31.7 Å². The van der Waals surface area contributed by atoms with E-state index >= 15 is 0 Å². The molecule has 6 rings (SSSR count). The SMILES string of the molecule is C#C[C@@]1(OC)/C=C/C[C@H](C)[C@@H](C)S(=O)(=O)NC(=O)c2ccc3c(c2)N(C[C@@H]2CC[C@H]21)C[C@@]1(CCCc2cc(Cl)ccc21)CO3. The van der Waals surface area contributed by atoms with Crippen LogP contribution in [0.1, 0.15) is 67.4 Å². The van der Waals surface area contributed by atoms with E-state index in [-0.39, 0.29) is 28.7 Å². The average molecular weight is 637 g/mol. The Bertz CT molecular complexity index is 1630. The minimum Gasteiger partial charge on any atom is -0.490 e. The van der Waals surface area contributed by atoms with Gasteiger partial charge in [0.1, 0.15) is 11.4 Å². The maximum absolute atomic E-state index is 13.4. The summed E-state index contributed by atoms with van der Waals surface area (Å²) in [6.45, 7) is 5.36. The average Bonchev–Trinajstić information content (AvgIpc) is 3.14. The van der Waals surface area contributed by atoms with Crippen molar-refractivity contribution in [2.45, 2.75) is 68.6 Å². The van der Waals surface area contributed by atoms with Crippen LogP contribution in [0.25, 0.3) is 0 Å². The van der Waals surface area contributed by atoms with Crippen LogP contribution in [-0.4, -0.2) is 52.0 Å². The number of allylic oxidation sites excluding steroid dienone is 1. The number of carbonyl (C=O) groups excluding carboxylic acids is 1. The number of ether oxygens (including phenoxy) is 2. The zero-order chi connectivity index (χ0) is 31.3. The molecule has 1 saturated carbocycles. The molecular formula is C35H41ClN2O5S. The molecule has 1 N–H and O–H groups in total. The number of fused-ring (bicyclic) bond motifs is 4. The fraction of sp³-hybridized carbons (Fsp3) is 0.514. The van der Waals surface area contributed by atoms with Gasteiger partial charge < -0.3 is 14.4 Å². The molecule has 2 aromatic rings. The first kappa shape index (κ1) is 31.0. The Morgan fingerprint density at radius 3 is 2.73 bits per heavy atom. The lowest BCUT2D eigenvalue weighted by Gasteiger charge is -2.48. The number of nitrogens with zero attached hydrogens (tertiary/aromatic N) is 1. The summed E-state index contributed by atoms with van der Waals surface area (Å²) in [6, 6.07) is 11.4. The number of carbonyl (C=O) groups is 1. The maximum atomic E-state index is 13.4. The molecule has 234 valence electrons. The smallest absolute Gasteiger partial charge is 0.264 e. The topological polar surface area (TPSA) is 84.9 Å². The number of halogens is 1. The lowest BCUT2D eigenvalue weighted by atomic mass is 9.64. The van der Waals surface area contributed by atoms with Crippen molar-refractivity contribution in [3.05, 3.63) is 70.3 Å². The van der Waals surface area contributed by atoms with Crippen molar-refractivity contribution in [1.82, 2.24) is 4.72 Å². The number of hydrogen-bond donors (Lipinski definition) is 1. The number of methoxy groups -OCH3 is 1. The van der Waals surface area contributed by atoms with Gasteiger partial charge in [-0.05, 0) is 105 Å². The first-order valence-electron chi connectivity index (χ1n) is 15.6. The van der Waals surface area contributed by atoms with Crippen molar-refractivity contribution in [2.24, 2.45) is 17.8 Å². The number of sulfonamides is 1. The zero-order valence-electron chi connectivity index (χ0n) is 25.6. The molecule has 1 amide bonds. The first-order chi connectivity index (χ1) is 21.0. The number of terminal acetylenes is 1. The summed E-state index contributed by atoms with van der Waals surface area (Å²) < 4.78 is 41.6. The van der Waals surface area contributed by atoms with Gasteiger partial charge in [-0.25, -0.2) is 13.1 Å². The molecule has 7 nitrogen and oxygen atoms in total. The summed E-state index contributed by atoms with van der Waals surface area (Å²) in [5.74, 6) is 3.07. The standard InChI is InChI=1S/C35H41ClN2O5S/c1-5-35(42-4)17-6-8-23(2)24(3)44(40,41)37-33(39)26-11-15-32-31(19-26)38(20-27-10-13-30(27)35)21-34(22-43-32)16-7-9-25-18-28(36)12-14-29(25)34/h1,6,11-12,14-15,17-19,23-24,27,30H,7-10,13,16,20-22H2,2-4H3,(H,37,39)/b17-6+/t23-,24+,27-,30+,34-,35+/m0/s1. The molecule has 9 heteroatoms. The number of anilines is 1. The summed E-state index contributed by atoms with van der Waals surface area (Å²) in [6.07, 6.45) is 15.4. The predicted octanol–water partition coefficient (Wildman–Crippen LogP) is 5.90. The Morgan fingerprint density at radius 2 is 2.00 bits per heavy atom. The molecule has 0 aromatic heterocycles. The summed E-state index contributed by atoms with van der Waals surface area (Å²) in [5, 5.41) is -0.0721. The number of rotatable bonds is 1. The van der Waals surface area contributed by atoms with Gasteiger partial charge >= 0.3 is 0 Å². The molecule has 2 aliphatic carbocycles. The molecule has 0 radical (unpaired) electrons. The number of benzene rings is 2. The molecule has 1 fully saturated rings. The van der Waals surface area contributed by atoms with Gasteiger partial charge in [0.2, 0.25) is 10.0 Å². The lowest BCUT2D eigenvalue weighted by molar-refractivity contribution is -0.0349. The number of nitrogens with one attached hydrogen (secondary N) is 1. The number of aryl methyl sites for hydroxylation is 1. The number of hydrogen-bond acceptors (Lipinski definition) is 6. The van der Waals surface area contributed by atoms with Gasteiger partial charge in [-0.1, -0.05) is 36.6 Å². The van der Waals surface area contributed by atoms with Crippen molar-refractivity contribution in [3.63, 3.8) is 0 Å². The molecule has 2 aliphatic heterocycles. The first-order valence-corrected chi connectivity index (χ1v) is 17.5. The van der Waals surface area contributed by atoms with E-state index in [1.165, 1.54) is 11.1 Å². The van der Waals surface area contributed by atoms with Crippen molar-refractivity contribution >= 4 is 33.2 Å². The molecule has 2 aromatic carbocycles. The van der Waals surface area contributed by atoms with E-state index in [1.54, 1.807) is 32.2 Å². The van der Waals surface area contributed by atoms with Crippen LogP contribution in [0.3, 0.4) is 0 Å². The largest absolute Gasteiger partial charge is 0.490 e. The fourth-order valence-electron chi connectivity index (χ4n) is 7.68. The molecule has 2 heterocycles. The Morgan fingerprint density at radius 1 is 1.18 bits per heavy atom. The van der Waals surface area contributed by atoms with Crippen LogP contribution < -0.4 is 14.4 Å². The monoisotopic (exact) mass is 636 g/mol. The Labute approximate surface area is 266 Å². The van der Waals surface area contributed by atoms with Gasteiger partial charge in [0.15, 0.2) is 0 Å². The minimum absolute atomic E-state index is 0.0885. The molecule has 4 aliphatic rings. The second kappa shape index (κ2) is 11.7. The zero-order valence-corrected chi connectivity index (χ0v) is 27.2. The van der Waals surface area contributed by atoms with E-state index in [2.05, 4.69) is 27.7 Å². The molecule has 0 saturated heterocycles. The lowest BCUT2D eigenvalue weighted by Crippen LogP contribution is -2.52. The van der Waals surface area contributed by atoms with Crippen molar-refractivity contribution in [1.29, 1.82) is 0 Å². The third-order valence-corrected chi connectivity index (χ3v) is 12.8. The maximum Gasteiger partial charge on any atom is 0.264 e. The van der Waals surface area contributed by atoms with Gasteiger partial charge in [0, 0.05) is 42.1 Å². The highest BCUT2D eigenvalue weighted by molar-refractivity contribution is 7.90. The highest BCUT2D eigenvalue weighted by atomic mass is 35.5. The normalized spacial score (nSPS) is 33.8. The summed E-state index contributed by atoms with van der Waals surface area (Å²) in [4.78, 5) is 15.8. The van der Waals surface area contributed by atoms with Crippen LogP contribution in [0.4, 0.5) is 5.69 Å². The summed E-state index contributed by atoms with van der Waals surface area (Å²) >= 11 is 6.41. The van der Waals surface area contributed by atoms with Crippen LogP contribution in [0, 0.1) is 30.1 Å². The number of amides is 1. The molecule has 6 atom stereocenters. The van der Waals surface area contributed by atoms with Crippen LogP contribution in [-0.2, 0) is 26.6 Å². The Balaban J connectivity index is 1.46. The second-order valence-corrected chi connectivity index (χ2v) is 15.6. The van der Waals surface area contributed by atoms with Gasteiger partial charge in [-0.3, -0.25) is 4.79 Å². The van der Waals surface area contributed by atoms with Gasteiger partial charge in [-0.15, -0.1) is 6.42 Å². The summed E-state index contributed by atoms with van der Waals surface area (Å²) in [5.41, 5.74) is 2.39. The molecule has 2 bridgehead atoms. The van der Waals surface area contributed by atoms with Gasteiger partial charge in [0.25, 0.3) is 5.91 Å². The van der Waals surface area contributed by atoms with Crippen LogP contribution in [0.15, 0.2) is 48.6 Å². The molecule has 0 unspecified atom stereocenters. The highest BCUT2D eigenvalue weighted by Crippen LogP contribution is 2.49. The molecular weight excluding hydrogens is 596 g/mol. The van der Waals surface area contributed by atoms with Crippen molar-refractivity contribution in [3.8, 4) is 18.1 Å². The van der Waals surface area contributed by atoms with Crippen LogP contribution in [0.5, 0.6) is 5.75 Å². The predicted molar refractivity (Wildman–Crippen MR) is 174 cm³/mol. The van der Waals surface area contributed by atoms with Crippen LogP contribution >= 0.6 is 11.6 Å². The Kier molecular flexibility index (Phi) is 8.28. The van der Waals surface area contributed by atoms with Gasteiger partial charge in [0.05, 0.1) is 17.5 Å². The van der Waals surface area contributed by atoms with E-state index in [1.807, 2.05) is 25.1 Å². The fourth-order valence-corrected chi connectivity index (χ4v) is 9.16. The third kappa shape index (κ3) is 5.42. The molecule has 1 spiro atoms. The van der Waals surface area contributed by atoms with E-state index in [0.717, 1.165) is 42.8 Å². The Hall–Kier alpha value is -2.99. The van der Waals surface area contributed by atoms with E-state index in [4.69, 9.17) is 27.5 Å². The van der Waals surface area contributed by atoms with E-state index in [9.17, 15) is 13.2 Å².